The van der Waals surface area contributed by atoms with Crippen LogP contribution in [0, 0.1) is 12.3 Å². The highest BCUT2D eigenvalue weighted by Crippen LogP contribution is 2.47. The Kier molecular flexibility index (Phi) is 5.90. The Labute approximate surface area is 208 Å². The van der Waals surface area contributed by atoms with Crippen LogP contribution in [0.4, 0.5) is 5.82 Å². The summed E-state index contributed by atoms with van der Waals surface area (Å²) in [7, 11) is 0. The summed E-state index contributed by atoms with van der Waals surface area (Å²) in [5, 5.41) is 4.58. The number of ketones is 1. The Morgan fingerprint density at radius 2 is 1.91 bits per heavy atom. The first kappa shape index (κ1) is 22.9. The Morgan fingerprint density at radius 3 is 2.68 bits per heavy atom. The van der Waals surface area contributed by atoms with E-state index in [0.717, 1.165) is 28.8 Å². The lowest BCUT2D eigenvalue weighted by atomic mass is 9.69. The molecule has 0 saturated heterocycles. The third-order valence-corrected chi connectivity index (χ3v) is 7.69. The molecule has 1 atom stereocenters. The summed E-state index contributed by atoms with van der Waals surface area (Å²) in [6.07, 6.45) is 1.19. The number of aromatic nitrogens is 2. The predicted molar refractivity (Wildman–Crippen MR) is 138 cm³/mol. The second kappa shape index (κ2) is 8.75. The zero-order valence-electron chi connectivity index (χ0n) is 19.4. The number of fused-ring (bicyclic) bond motifs is 1. The maximum atomic E-state index is 13.4. The summed E-state index contributed by atoms with van der Waals surface area (Å²) in [4.78, 5) is 34.5. The Hall–Kier alpha value is -2.83. The molecule has 0 radical (unpaired) electrons. The van der Waals surface area contributed by atoms with E-state index in [-0.39, 0.29) is 16.8 Å². The van der Waals surface area contributed by atoms with Gasteiger partial charge in [-0.3, -0.25) is 9.59 Å². The zero-order chi connectivity index (χ0) is 24.0. The van der Waals surface area contributed by atoms with Crippen LogP contribution in [0.5, 0.6) is 0 Å². The van der Waals surface area contributed by atoms with Gasteiger partial charge in [-0.1, -0.05) is 85.2 Å². The SMILES string of the molecule is Cc1cccc([C@@H]2C3=C(CC(C)(C)CC3=O)Nc3nc(SCc4ccccc4Cl)[nH]c(=O)c32)c1. The summed E-state index contributed by atoms with van der Waals surface area (Å²) in [5.74, 6) is 0.768. The normalized spacial score (nSPS) is 18.8. The van der Waals surface area contributed by atoms with E-state index in [4.69, 9.17) is 16.6 Å². The lowest BCUT2D eigenvalue weighted by molar-refractivity contribution is -0.118. The first-order valence-corrected chi connectivity index (χ1v) is 12.7. The number of benzene rings is 2. The summed E-state index contributed by atoms with van der Waals surface area (Å²) in [6, 6.07) is 15.7. The van der Waals surface area contributed by atoms with Crippen LogP contribution in [0.1, 0.15) is 54.9 Å². The second-order valence-corrected chi connectivity index (χ2v) is 11.2. The van der Waals surface area contributed by atoms with E-state index in [1.807, 2.05) is 49.4 Å². The van der Waals surface area contributed by atoms with Gasteiger partial charge in [0.2, 0.25) is 0 Å². The molecule has 174 valence electrons. The van der Waals surface area contributed by atoms with Crippen molar-refractivity contribution in [2.45, 2.75) is 50.4 Å². The van der Waals surface area contributed by atoms with Crippen molar-refractivity contribution >= 4 is 35.0 Å². The average Bonchev–Trinajstić information content (AvgIpc) is 2.76. The molecule has 5 nitrogen and oxygen atoms in total. The van der Waals surface area contributed by atoms with Gasteiger partial charge in [0.05, 0.1) is 5.56 Å². The number of H-pyrrole nitrogens is 1. The molecule has 0 fully saturated rings. The number of allylic oxidation sites excluding steroid dienone is 2. The van der Waals surface area contributed by atoms with Gasteiger partial charge in [-0.05, 0) is 36.0 Å². The summed E-state index contributed by atoms with van der Waals surface area (Å²) >= 11 is 7.73. The van der Waals surface area contributed by atoms with Crippen LogP contribution in [0.3, 0.4) is 0 Å². The zero-order valence-corrected chi connectivity index (χ0v) is 20.9. The monoisotopic (exact) mass is 491 g/mol. The van der Waals surface area contributed by atoms with Gasteiger partial charge in [0.1, 0.15) is 5.82 Å². The Balaban J connectivity index is 1.59. The summed E-state index contributed by atoms with van der Waals surface area (Å²) in [5.41, 5.74) is 4.69. The maximum absolute atomic E-state index is 13.4. The van der Waals surface area contributed by atoms with E-state index in [9.17, 15) is 9.59 Å². The molecular formula is C27H26ClN3O2S. The minimum atomic E-state index is -0.436. The maximum Gasteiger partial charge on any atom is 0.257 e. The number of anilines is 1. The van der Waals surface area contributed by atoms with E-state index in [1.54, 1.807) is 0 Å². The van der Waals surface area contributed by atoms with Gasteiger partial charge in [0.15, 0.2) is 10.9 Å². The van der Waals surface area contributed by atoms with Gasteiger partial charge in [-0.15, -0.1) is 0 Å². The molecule has 1 aliphatic heterocycles. The first-order chi connectivity index (χ1) is 16.2. The Morgan fingerprint density at radius 1 is 1.12 bits per heavy atom. The summed E-state index contributed by atoms with van der Waals surface area (Å²) < 4.78 is 0. The molecule has 1 aromatic heterocycles. The lowest BCUT2D eigenvalue weighted by Crippen LogP contribution is -2.37. The second-order valence-electron chi connectivity index (χ2n) is 9.82. The van der Waals surface area contributed by atoms with Gasteiger partial charge in [0.25, 0.3) is 5.56 Å². The van der Waals surface area contributed by atoms with Crippen molar-refractivity contribution in [3.63, 3.8) is 0 Å². The molecule has 7 heteroatoms. The van der Waals surface area contributed by atoms with E-state index in [1.165, 1.54) is 11.8 Å². The van der Waals surface area contributed by atoms with Crippen LogP contribution in [0.25, 0.3) is 0 Å². The highest BCUT2D eigenvalue weighted by Gasteiger charge is 2.42. The first-order valence-electron chi connectivity index (χ1n) is 11.3. The fraction of sp³-hybridized carbons (Fsp3) is 0.296. The molecule has 34 heavy (non-hydrogen) atoms. The number of hydrogen-bond acceptors (Lipinski definition) is 5. The number of carbonyl (C=O) groups excluding carboxylic acids is 1. The van der Waals surface area contributed by atoms with Crippen LogP contribution in [-0.4, -0.2) is 15.8 Å². The van der Waals surface area contributed by atoms with Crippen molar-refractivity contribution in [3.05, 3.63) is 97.4 Å². The number of Topliss-reactive ketones (excluding diaryl/α,β-unsaturated/α-hetero) is 1. The topological polar surface area (TPSA) is 74.8 Å². The smallest absolute Gasteiger partial charge is 0.257 e. The molecule has 0 bridgehead atoms. The van der Waals surface area contributed by atoms with Crippen LogP contribution in [-0.2, 0) is 10.5 Å². The molecule has 2 heterocycles. The average molecular weight is 492 g/mol. The molecule has 2 aliphatic rings. The number of thioether (sulfide) groups is 1. The van der Waals surface area contributed by atoms with Crippen molar-refractivity contribution in [1.29, 1.82) is 0 Å². The summed E-state index contributed by atoms with van der Waals surface area (Å²) in [6.45, 7) is 6.22. The fourth-order valence-electron chi connectivity index (χ4n) is 4.91. The van der Waals surface area contributed by atoms with Crippen LogP contribution < -0.4 is 10.9 Å². The minimum Gasteiger partial charge on any atom is -0.343 e. The van der Waals surface area contributed by atoms with Crippen molar-refractivity contribution in [2.24, 2.45) is 5.41 Å². The van der Waals surface area contributed by atoms with Crippen molar-refractivity contribution < 1.29 is 4.79 Å². The number of nitrogens with one attached hydrogen (secondary N) is 2. The third-order valence-electron chi connectivity index (χ3n) is 6.40. The lowest BCUT2D eigenvalue weighted by Gasteiger charge is -2.38. The van der Waals surface area contributed by atoms with Gasteiger partial charge in [0, 0.05) is 34.4 Å². The number of carbonyl (C=O) groups is 1. The number of aromatic amines is 1. The highest BCUT2D eigenvalue weighted by atomic mass is 35.5. The van der Waals surface area contributed by atoms with Gasteiger partial charge in [-0.2, -0.15) is 0 Å². The van der Waals surface area contributed by atoms with Gasteiger partial charge >= 0.3 is 0 Å². The van der Waals surface area contributed by atoms with E-state index in [2.05, 4.69) is 30.2 Å². The van der Waals surface area contributed by atoms with Crippen molar-refractivity contribution in [1.82, 2.24) is 9.97 Å². The molecule has 2 N–H and O–H groups in total. The van der Waals surface area contributed by atoms with Crippen LogP contribution in [0.2, 0.25) is 5.02 Å². The Bertz CT molecular complexity index is 1390. The molecule has 0 unspecified atom stereocenters. The molecule has 0 amide bonds. The van der Waals surface area contributed by atoms with E-state index >= 15 is 0 Å². The van der Waals surface area contributed by atoms with Gasteiger partial charge < -0.3 is 10.3 Å². The van der Waals surface area contributed by atoms with E-state index < -0.39 is 5.92 Å². The molecule has 0 spiro atoms. The number of aryl methyl sites for hydroxylation is 1. The largest absolute Gasteiger partial charge is 0.343 e. The number of nitrogens with zero attached hydrogens (tertiary/aromatic N) is 1. The molecule has 0 saturated carbocycles. The minimum absolute atomic E-state index is 0.0903. The third kappa shape index (κ3) is 4.32. The molecule has 3 aromatic rings. The standard InChI is InChI=1S/C27H26ClN3O2S/c1-15-7-6-9-16(11-15)21-22-19(12-27(2,3)13-20(22)32)29-24-23(21)25(33)31-26(30-24)34-14-17-8-4-5-10-18(17)28/h4-11,21H,12-14H2,1-3H3,(H2,29,30,31,33)/t21-/m1/s1. The van der Waals surface area contributed by atoms with Gasteiger partial charge in [-0.25, -0.2) is 4.98 Å². The predicted octanol–water partition coefficient (Wildman–Crippen LogP) is 6.22. The highest BCUT2D eigenvalue weighted by molar-refractivity contribution is 7.98. The fourth-order valence-corrected chi connectivity index (χ4v) is 6.05. The molecular weight excluding hydrogens is 466 g/mol. The molecule has 1 aliphatic carbocycles. The quantitative estimate of drug-likeness (QED) is 0.334. The van der Waals surface area contributed by atoms with Crippen molar-refractivity contribution in [2.75, 3.05) is 5.32 Å². The molecule has 2 aromatic carbocycles. The van der Waals surface area contributed by atoms with Crippen LogP contribution >= 0.6 is 23.4 Å². The number of rotatable bonds is 4. The number of hydrogen-bond donors (Lipinski definition) is 2. The molecule has 5 rings (SSSR count). The van der Waals surface area contributed by atoms with E-state index in [0.29, 0.717) is 39.3 Å². The van der Waals surface area contributed by atoms with Crippen LogP contribution in [0.15, 0.2) is 69.8 Å². The number of halogens is 1. The van der Waals surface area contributed by atoms with Crippen molar-refractivity contribution in [3.8, 4) is 0 Å².